The molecule has 1 rings (SSSR count). The van der Waals surface area contributed by atoms with Crippen molar-refractivity contribution in [2.45, 2.75) is 31.1 Å². The molecule has 0 saturated heterocycles. The van der Waals surface area contributed by atoms with Crippen molar-refractivity contribution in [1.82, 2.24) is 5.32 Å². The van der Waals surface area contributed by atoms with E-state index in [9.17, 15) is 17.6 Å². The van der Waals surface area contributed by atoms with Gasteiger partial charge >= 0.3 is 0 Å². The number of halogens is 2. The zero-order chi connectivity index (χ0) is 16.0. The Bertz CT molecular complexity index is 619. The average molecular weight is 338 g/mol. The number of carbonyl (C=O) groups excluding carboxylic acids is 1. The smallest absolute Gasteiger partial charge is 0.265 e. The summed E-state index contributed by atoms with van der Waals surface area (Å²) < 4.78 is 41.3. The molecule has 5 nitrogen and oxygen atoms in total. The predicted molar refractivity (Wildman–Crippen MR) is 77.8 cm³/mol. The van der Waals surface area contributed by atoms with Crippen molar-refractivity contribution in [3.05, 3.63) is 23.5 Å². The molecule has 0 unspecified atom stereocenters. The van der Waals surface area contributed by atoms with Crippen LogP contribution in [-0.4, -0.2) is 28.0 Å². The number of nitrogens with one attached hydrogen (secondary N) is 1. The summed E-state index contributed by atoms with van der Waals surface area (Å²) in [6.45, 7) is 2.46. The number of rotatable bonds is 7. The van der Waals surface area contributed by atoms with Crippen LogP contribution in [0.25, 0.3) is 0 Å². The fraction of sp³-hybridized carbons (Fsp3) is 0.462. The minimum atomic E-state index is -4.23. The van der Waals surface area contributed by atoms with Crippen LogP contribution in [-0.2, 0) is 9.05 Å². The van der Waals surface area contributed by atoms with Crippen LogP contribution in [0.4, 0.5) is 4.39 Å². The van der Waals surface area contributed by atoms with Crippen LogP contribution in [0.3, 0.4) is 0 Å². The maximum absolute atomic E-state index is 13.8. The van der Waals surface area contributed by atoms with Crippen LogP contribution < -0.4 is 10.1 Å². The summed E-state index contributed by atoms with van der Waals surface area (Å²) in [6, 6.07) is 1.92. The molecule has 0 bridgehead atoms. The molecule has 1 amide bonds. The summed E-state index contributed by atoms with van der Waals surface area (Å²) in [5.41, 5.74) is -0.121. The largest absolute Gasteiger partial charge is 0.492 e. The second kappa shape index (κ2) is 7.61. The summed E-state index contributed by atoms with van der Waals surface area (Å²) >= 11 is 0. The van der Waals surface area contributed by atoms with E-state index >= 15 is 0 Å². The molecule has 21 heavy (non-hydrogen) atoms. The SMILES string of the molecule is CCCCCNC(=O)c1cc(F)c(OC)c(S(=O)(=O)Cl)c1. The molecule has 1 aromatic rings. The van der Waals surface area contributed by atoms with Gasteiger partial charge in [-0.1, -0.05) is 19.8 Å². The summed E-state index contributed by atoms with van der Waals surface area (Å²) in [4.78, 5) is 11.3. The molecule has 0 spiro atoms. The van der Waals surface area contributed by atoms with E-state index in [-0.39, 0.29) is 5.56 Å². The van der Waals surface area contributed by atoms with Gasteiger partial charge in [0.1, 0.15) is 4.90 Å². The zero-order valence-electron chi connectivity index (χ0n) is 11.8. The first-order valence-electron chi connectivity index (χ1n) is 6.41. The summed E-state index contributed by atoms with van der Waals surface area (Å²) in [7, 11) is 2.12. The number of unbranched alkanes of at least 4 members (excludes halogenated alkanes) is 2. The van der Waals surface area contributed by atoms with Crippen molar-refractivity contribution >= 4 is 25.6 Å². The second-order valence-electron chi connectivity index (χ2n) is 4.39. The van der Waals surface area contributed by atoms with E-state index in [1.54, 1.807) is 0 Å². The Morgan fingerprint density at radius 3 is 2.57 bits per heavy atom. The molecule has 0 atom stereocenters. The molecule has 0 saturated carbocycles. The quantitative estimate of drug-likeness (QED) is 0.613. The monoisotopic (exact) mass is 337 g/mol. The number of carbonyl (C=O) groups is 1. The standard InChI is InChI=1S/C13H17ClFNO4S/c1-3-4-5-6-16-13(17)9-7-10(15)12(20-2)11(8-9)21(14,18)19/h7-8H,3-6H2,1-2H3,(H,16,17). The lowest BCUT2D eigenvalue weighted by Gasteiger charge is -2.10. The van der Waals surface area contributed by atoms with Crippen LogP contribution in [0.15, 0.2) is 17.0 Å². The summed E-state index contributed by atoms with van der Waals surface area (Å²) in [6.07, 6.45) is 2.75. The van der Waals surface area contributed by atoms with Gasteiger partial charge < -0.3 is 10.1 Å². The third kappa shape index (κ3) is 4.86. The summed E-state index contributed by atoms with van der Waals surface area (Å²) in [5.74, 6) is -2.03. The van der Waals surface area contributed by atoms with Gasteiger partial charge in [0.25, 0.3) is 15.0 Å². The van der Waals surface area contributed by atoms with Gasteiger partial charge in [-0.2, -0.15) is 0 Å². The number of ether oxygens (including phenoxy) is 1. The van der Waals surface area contributed by atoms with E-state index in [0.29, 0.717) is 6.54 Å². The number of amides is 1. The number of benzene rings is 1. The Morgan fingerprint density at radius 2 is 2.05 bits per heavy atom. The van der Waals surface area contributed by atoms with Crippen molar-refractivity contribution in [2.24, 2.45) is 0 Å². The number of hydrogen-bond acceptors (Lipinski definition) is 4. The van der Waals surface area contributed by atoms with Crippen LogP contribution in [0.1, 0.15) is 36.5 Å². The van der Waals surface area contributed by atoms with Gasteiger partial charge in [0.2, 0.25) is 0 Å². The van der Waals surface area contributed by atoms with E-state index < -0.39 is 31.4 Å². The fourth-order valence-corrected chi connectivity index (χ4v) is 2.77. The first kappa shape index (κ1) is 17.7. The Labute approximate surface area is 127 Å². The Balaban J connectivity index is 3.04. The maximum atomic E-state index is 13.8. The zero-order valence-corrected chi connectivity index (χ0v) is 13.4. The molecule has 8 heteroatoms. The highest BCUT2D eigenvalue weighted by Gasteiger charge is 2.23. The topological polar surface area (TPSA) is 72.5 Å². The summed E-state index contributed by atoms with van der Waals surface area (Å²) in [5, 5.41) is 2.59. The average Bonchev–Trinajstić information content (AvgIpc) is 2.41. The molecule has 0 fully saturated rings. The van der Waals surface area contributed by atoms with Gasteiger partial charge in [0.15, 0.2) is 11.6 Å². The van der Waals surface area contributed by atoms with Gasteiger partial charge in [0, 0.05) is 22.8 Å². The molecule has 1 N–H and O–H groups in total. The molecule has 0 heterocycles. The normalized spacial score (nSPS) is 11.2. The highest BCUT2D eigenvalue weighted by molar-refractivity contribution is 8.13. The third-order valence-corrected chi connectivity index (χ3v) is 4.13. The first-order chi connectivity index (χ1) is 9.81. The van der Waals surface area contributed by atoms with E-state index in [0.717, 1.165) is 38.5 Å². The number of methoxy groups -OCH3 is 1. The number of hydrogen-bond donors (Lipinski definition) is 1. The van der Waals surface area contributed by atoms with Gasteiger partial charge in [-0.25, -0.2) is 12.8 Å². The first-order valence-corrected chi connectivity index (χ1v) is 8.72. The second-order valence-corrected chi connectivity index (χ2v) is 6.92. The van der Waals surface area contributed by atoms with Gasteiger partial charge in [-0.3, -0.25) is 4.79 Å². The van der Waals surface area contributed by atoms with E-state index in [1.807, 2.05) is 6.92 Å². The van der Waals surface area contributed by atoms with Crippen LogP contribution in [0, 0.1) is 5.82 Å². The lowest BCUT2D eigenvalue weighted by molar-refractivity contribution is 0.0952. The lowest BCUT2D eigenvalue weighted by atomic mass is 10.2. The van der Waals surface area contributed by atoms with Crippen molar-refractivity contribution in [3.8, 4) is 5.75 Å². The van der Waals surface area contributed by atoms with Crippen LogP contribution in [0.2, 0.25) is 0 Å². The van der Waals surface area contributed by atoms with Crippen LogP contribution in [0.5, 0.6) is 5.75 Å². The lowest BCUT2D eigenvalue weighted by Crippen LogP contribution is -2.24. The highest BCUT2D eigenvalue weighted by atomic mass is 35.7. The van der Waals surface area contributed by atoms with Gasteiger partial charge in [0.05, 0.1) is 7.11 Å². The van der Waals surface area contributed by atoms with Crippen molar-refractivity contribution in [2.75, 3.05) is 13.7 Å². The Hall–Kier alpha value is -1.34. The van der Waals surface area contributed by atoms with Crippen molar-refractivity contribution < 1.29 is 22.3 Å². The van der Waals surface area contributed by atoms with Crippen molar-refractivity contribution in [3.63, 3.8) is 0 Å². The molecular weight excluding hydrogens is 321 g/mol. The minimum absolute atomic E-state index is 0.121. The van der Waals surface area contributed by atoms with Gasteiger partial charge in [-0.05, 0) is 18.6 Å². The highest BCUT2D eigenvalue weighted by Crippen LogP contribution is 2.30. The van der Waals surface area contributed by atoms with Crippen molar-refractivity contribution in [1.29, 1.82) is 0 Å². The molecule has 0 aliphatic heterocycles. The minimum Gasteiger partial charge on any atom is -0.492 e. The molecule has 0 aliphatic rings. The maximum Gasteiger partial charge on any atom is 0.265 e. The van der Waals surface area contributed by atoms with E-state index in [2.05, 4.69) is 10.1 Å². The molecule has 0 aliphatic carbocycles. The molecule has 0 aromatic heterocycles. The van der Waals surface area contributed by atoms with Crippen LogP contribution >= 0.6 is 10.7 Å². The molecule has 0 radical (unpaired) electrons. The molecule has 1 aromatic carbocycles. The van der Waals surface area contributed by atoms with Gasteiger partial charge in [-0.15, -0.1) is 0 Å². The Kier molecular flexibility index (Phi) is 6.42. The van der Waals surface area contributed by atoms with E-state index in [4.69, 9.17) is 10.7 Å². The van der Waals surface area contributed by atoms with E-state index in [1.165, 1.54) is 0 Å². The fourth-order valence-electron chi connectivity index (χ4n) is 1.76. The molecule has 118 valence electrons. The Morgan fingerprint density at radius 1 is 1.38 bits per heavy atom. The predicted octanol–water partition coefficient (Wildman–Crippen LogP) is 2.68. The molecular formula is C13H17ClFNO4S. The third-order valence-electron chi connectivity index (χ3n) is 2.80.